The molecule has 1 aromatic carbocycles. The molecule has 1 aliphatic rings. The van der Waals surface area contributed by atoms with E-state index in [0.717, 1.165) is 24.8 Å². The average Bonchev–Trinajstić information content (AvgIpc) is 2.57. The molecule has 0 aromatic heterocycles. The fourth-order valence-electron chi connectivity index (χ4n) is 3.15. The number of hydrogen-bond acceptors (Lipinski definition) is 1. The van der Waals surface area contributed by atoms with E-state index in [9.17, 15) is 9.90 Å². The van der Waals surface area contributed by atoms with Gasteiger partial charge in [0.1, 0.15) is 0 Å². The quantitative estimate of drug-likeness (QED) is 0.865. The Labute approximate surface area is 103 Å². The Bertz CT molecular complexity index is 408. The number of carboxylic acid groups (broad SMARTS) is 1. The first-order chi connectivity index (χ1) is 7.98. The highest BCUT2D eigenvalue weighted by Gasteiger charge is 2.54. The largest absolute Gasteiger partial charge is 0.481 e. The normalized spacial score (nSPS) is 26.9. The summed E-state index contributed by atoms with van der Waals surface area (Å²) in [4.78, 5) is 11.7. The molecular weight excluding hydrogens is 212 g/mol. The fourth-order valence-corrected chi connectivity index (χ4v) is 3.15. The van der Waals surface area contributed by atoms with Crippen molar-refractivity contribution in [3.63, 3.8) is 0 Å². The van der Waals surface area contributed by atoms with Crippen LogP contribution in [0.15, 0.2) is 30.3 Å². The van der Waals surface area contributed by atoms with Crippen molar-refractivity contribution >= 4 is 5.97 Å². The Morgan fingerprint density at radius 2 is 1.88 bits per heavy atom. The lowest BCUT2D eigenvalue weighted by Gasteiger charge is -2.38. The van der Waals surface area contributed by atoms with Crippen molar-refractivity contribution in [2.75, 3.05) is 0 Å². The second-order valence-electron chi connectivity index (χ2n) is 5.79. The maximum atomic E-state index is 11.7. The summed E-state index contributed by atoms with van der Waals surface area (Å²) in [6.07, 6.45) is 3.47. The SMILES string of the molecule is CC1(C)CCC[C@@]1(Cc1ccccc1)C(=O)O. The van der Waals surface area contributed by atoms with Gasteiger partial charge in [0.2, 0.25) is 0 Å². The number of benzene rings is 1. The molecule has 1 fully saturated rings. The van der Waals surface area contributed by atoms with E-state index in [0.29, 0.717) is 6.42 Å². The van der Waals surface area contributed by atoms with Gasteiger partial charge in [-0.15, -0.1) is 0 Å². The topological polar surface area (TPSA) is 37.3 Å². The van der Waals surface area contributed by atoms with E-state index in [-0.39, 0.29) is 5.41 Å². The van der Waals surface area contributed by atoms with E-state index in [1.54, 1.807) is 0 Å². The van der Waals surface area contributed by atoms with Crippen LogP contribution < -0.4 is 0 Å². The third-order valence-corrected chi connectivity index (χ3v) is 4.46. The van der Waals surface area contributed by atoms with E-state index in [1.807, 2.05) is 30.3 Å². The molecule has 2 rings (SSSR count). The summed E-state index contributed by atoms with van der Waals surface area (Å²) in [5.74, 6) is -0.635. The van der Waals surface area contributed by atoms with Crippen molar-refractivity contribution < 1.29 is 9.90 Å². The van der Waals surface area contributed by atoms with Crippen molar-refractivity contribution in [2.24, 2.45) is 10.8 Å². The zero-order valence-corrected chi connectivity index (χ0v) is 10.6. The second kappa shape index (κ2) is 4.17. The molecule has 0 unspecified atom stereocenters. The molecular formula is C15H20O2. The minimum absolute atomic E-state index is 0.116. The molecule has 92 valence electrons. The Balaban J connectivity index is 2.34. The zero-order valence-electron chi connectivity index (χ0n) is 10.6. The van der Waals surface area contributed by atoms with Gasteiger partial charge < -0.3 is 5.11 Å². The summed E-state index contributed by atoms with van der Waals surface area (Å²) in [6, 6.07) is 9.98. The predicted molar refractivity (Wildman–Crippen MR) is 67.8 cm³/mol. The van der Waals surface area contributed by atoms with E-state index in [2.05, 4.69) is 13.8 Å². The van der Waals surface area contributed by atoms with Gasteiger partial charge >= 0.3 is 5.97 Å². The Hall–Kier alpha value is -1.31. The van der Waals surface area contributed by atoms with Crippen LogP contribution in [0, 0.1) is 10.8 Å². The van der Waals surface area contributed by atoms with Gasteiger partial charge in [0.15, 0.2) is 0 Å². The Morgan fingerprint density at radius 3 is 2.35 bits per heavy atom. The molecule has 1 N–H and O–H groups in total. The van der Waals surface area contributed by atoms with Gasteiger partial charge in [-0.1, -0.05) is 50.6 Å². The zero-order chi connectivity index (χ0) is 12.5. The summed E-state index contributed by atoms with van der Waals surface area (Å²) < 4.78 is 0. The highest BCUT2D eigenvalue weighted by molar-refractivity contribution is 5.76. The van der Waals surface area contributed by atoms with Gasteiger partial charge in [0.05, 0.1) is 5.41 Å². The molecule has 2 heteroatoms. The van der Waals surface area contributed by atoms with Gasteiger partial charge in [-0.25, -0.2) is 0 Å². The third kappa shape index (κ3) is 1.97. The van der Waals surface area contributed by atoms with E-state index >= 15 is 0 Å². The van der Waals surface area contributed by atoms with Crippen LogP contribution in [0.3, 0.4) is 0 Å². The van der Waals surface area contributed by atoms with Gasteiger partial charge in [0, 0.05) is 0 Å². The predicted octanol–water partition coefficient (Wildman–Crippen LogP) is 3.51. The molecule has 0 aliphatic heterocycles. The fraction of sp³-hybridized carbons (Fsp3) is 0.533. The molecule has 0 spiro atoms. The lowest BCUT2D eigenvalue weighted by atomic mass is 9.65. The minimum Gasteiger partial charge on any atom is -0.481 e. The van der Waals surface area contributed by atoms with Crippen LogP contribution in [0.5, 0.6) is 0 Å². The molecule has 0 saturated heterocycles. The first-order valence-corrected chi connectivity index (χ1v) is 6.25. The maximum Gasteiger partial charge on any atom is 0.310 e. The van der Waals surface area contributed by atoms with Crippen molar-refractivity contribution in [2.45, 2.75) is 39.5 Å². The number of hydrogen-bond donors (Lipinski definition) is 1. The lowest BCUT2D eigenvalue weighted by Crippen LogP contribution is -2.42. The van der Waals surface area contributed by atoms with Crippen LogP contribution in [-0.4, -0.2) is 11.1 Å². The van der Waals surface area contributed by atoms with Gasteiger partial charge in [-0.2, -0.15) is 0 Å². The highest BCUT2D eigenvalue weighted by Crippen LogP contribution is 2.54. The number of aliphatic carboxylic acids is 1. The van der Waals surface area contributed by atoms with Crippen molar-refractivity contribution in [1.29, 1.82) is 0 Å². The summed E-state index contributed by atoms with van der Waals surface area (Å²) in [5, 5.41) is 9.66. The number of carbonyl (C=O) groups is 1. The van der Waals surface area contributed by atoms with E-state index in [4.69, 9.17) is 0 Å². The minimum atomic E-state index is -0.635. The van der Waals surface area contributed by atoms with Crippen LogP contribution in [0.1, 0.15) is 38.7 Å². The number of rotatable bonds is 3. The molecule has 1 atom stereocenters. The van der Waals surface area contributed by atoms with Crippen molar-refractivity contribution in [3.05, 3.63) is 35.9 Å². The average molecular weight is 232 g/mol. The summed E-state index contributed by atoms with van der Waals surface area (Å²) >= 11 is 0. The Kier molecular flexibility index (Phi) is 2.98. The molecule has 0 heterocycles. The summed E-state index contributed by atoms with van der Waals surface area (Å²) in [5.41, 5.74) is 0.424. The van der Waals surface area contributed by atoms with Crippen LogP contribution in [0.4, 0.5) is 0 Å². The van der Waals surface area contributed by atoms with Crippen LogP contribution >= 0.6 is 0 Å². The van der Waals surface area contributed by atoms with E-state index < -0.39 is 11.4 Å². The second-order valence-corrected chi connectivity index (χ2v) is 5.79. The smallest absolute Gasteiger partial charge is 0.310 e. The molecule has 1 aliphatic carbocycles. The molecule has 0 bridgehead atoms. The van der Waals surface area contributed by atoms with Gasteiger partial charge in [0.25, 0.3) is 0 Å². The third-order valence-electron chi connectivity index (χ3n) is 4.46. The molecule has 1 saturated carbocycles. The summed E-state index contributed by atoms with van der Waals surface area (Å²) in [6.45, 7) is 4.19. The Morgan fingerprint density at radius 1 is 1.24 bits per heavy atom. The van der Waals surface area contributed by atoms with Crippen molar-refractivity contribution in [1.82, 2.24) is 0 Å². The maximum absolute atomic E-state index is 11.7. The number of carboxylic acids is 1. The summed E-state index contributed by atoms with van der Waals surface area (Å²) in [7, 11) is 0. The molecule has 1 aromatic rings. The molecule has 0 radical (unpaired) electrons. The van der Waals surface area contributed by atoms with Gasteiger partial charge in [-0.05, 0) is 30.2 Å². The van der Waals surface area contributed by atoms with Crippen LogP contribution in [0.2, 0.25) is 0 Å². The molecule has 2 nitrogen and oxygen atoms in total. The van der Waals surface area contributed by atoms with Gasteiger partial charge in [-0.3, -0.25) is 4.79 Å². The molecule has 0 amide bonds. The van der Waals surface area contributed by atoms with E-state index in [1.165, 1.54) is 0 Å². The van der Waals surface area contributed by atoms with Crippen LogP contribution in [-0.2, 0) is 11.2 Å². The van der Waals surface area contributed by atoms with Crippen LogP contribution in [0.25, 0.3) is 0 Å². The first-order valence-electron chi connectivity index (χ1n) is 6.25. The molecule has 17 heavy (non-hydrogen) atoms. The highest BCUT2D eigenvalue weighted by atomic mass is 16.4. The monoisotopic (exact) mass is 232 g/mol. The first kappa shape index (κ1) is 12.2. The lowest BCUT2D eigenvalue weighted by molar-refractivity contribution is -0.154. The standard InChI is InChI=1S/C15H20O2/c1-14(2)9-6-10-15(14,13(16)17)11-12-7-4-3-5-8-12/h3-5,7-8H,6,9-11H2,1-2H3,(H,16,17)/t15-/m1/s1. The van der Waals surface area contributed by atoms with Crippen molar-refractivity contribution in [3.8, 4) is 0 Å².